The van der Waals surface area contributed by atoms with Crippen LogP contribution in [0.25, 0.3) is 11.1 Å². The SMILES string of the molecule is C(=C1CCOc2ccccc21)N(C=C1CCOc2ccccc21)c1ccc2c(c1)OCO2. The van der Waals surface area contributed by atoms with E-state index in [9.17, 15) is 0 Å². The molecule has 0 N–H and O–H groups in total. The van der Waals surface area contributed by atoms with Crippen LogP contribution < -0.4 is 23.8 Å². The second-order valence-corrected chi connectivity index (χ2v) is 7.94. The van der Waals surface area contributed by atoms with Crippen LogP contribution in [-0.4, -0.2) is 20.0 Å². The Bertz CT molecular complexity index is 1160. The molecule has 0 bridgehead atoms. The van der Waals surface area contributed by atoms with Gasteiger partial charge in [0.25, 0.3) is 0 Å². The van der Waals surface area contributed by atoms with Crippen molar-refractivity contribution < 1.29 is 18.9 Å². The summed E-state index contributed by atoms with van der Waals surface area (Å²) in [4.78, 5) is 2.19. The Labute approximate surface area is 187 Å². The molecule has 0 saturated carbocycles. The van der Waals surface area contributed by atoms with Crippen molar-refractivity contribution in [3.63, 3.8) is 0 Å². The molecule has 3 aromatic rings. The maximum Gasteiger partial charge on any atom is 0.231 e. The van der Waals surface area contributed by atoms with Gasteiger partial charge in [0, 0.05) is 48.1 Å². The highest BCUT2D eigenvalue weighted by Crippen LogP contribution is 2.39. The summed E-state index contributed by atoms with van der Waals surface area (Å²) < 4.78 is 22.9. The van der Waals surface area contributed by atoms with E-state index in [0.717, 1.165) is 52.7 Å². The smallest absolute Gasteiger partial charge is 0.231 e. The van der Waals surface area contributed by atoms with Crippen LogP contribution in [0.4, 0.5) is 5.69 Å². The van der Waals surface area contributed by atoms with Crippen molar-refractivity contribution in [2.24, 2.45) is 0 Å². The second-order valence-electron chi connectivity index (χ2n) is 7.94. The van der Waals surface area contributed by atoms with Crippen molar-refractivity contribution in [3.8, 4) is 23.0 Å². The summed E-state index contributed by atoms with van der Waals surface area (Å²) in [6, 6.07) is 22.5. The van der Waals surface area contributed by atoms with Gasteiger partial charge in [0.2, 0.25) is 6.79 Å². The minimum absolute atomic E-state index is 0.260. The zero-order chi connectivity index (χ0) is 21.3. The zero-order valence-corrected chi connectivity index (χ0v) is 17.6. The number of hydrogen-bond acceptors (Lipinski definition) is 5. The fourth-order valence-electron chi connectivity index (χ4n) is 4.36. The summed E-state index contributed by atoms with van der Waals surface area (Å²) in [6.45, 7) is 1.60. The van der Waals surface area contributed by atoms with Crippen LogP contribution in [0.1, 0.15) is 24.0 Å². The lowest BCUT2D eigenvalue weighted by atomic mass is 9.99. The second kappa shape index (κ2) is 8.00. The van der Waals surface area contributed by atoms with E-state index in [1.54, 1.807) is 0 Å². The maximum absolute atomic E-state index is 5.87. The topological polar surface area (TPSA) is 40.2 Å². The van der Waals surface area contributed by atoms with Gasteiger partial charge in [-0.2, -0.15) is 0 Å². The van der Waals surface area contributed by atoms with Crippen LogP contribution in [0.3, 0.4) is 0 Å². The Morgan fingerprint density at radius 2 is 1.19 bits per heavy atom. The average molecular weight is 425 g/mol. The molecular formula is C27H23NO4. The van der Waals surface area contributed by atoms with Gasteiger partial charge in [-0.15, -0.1) is 0 Å². The van der Waals surface area contributed by atoms with Crippen LogP contribution >= 0.6 is 0 Å². The van der Waals surface area contributed by atoms with E-state index in [0.29, 0.717) is 13.2 Å². The third kappa shape index (κ3) is 3.46. The maximum atomic E-state index is 5.87. The molecule has 6 rings (SSSR count). The first-order valence-corrected chi connectivity index (χ1v) is 10.9. The summed E-state index contributed by atoms with van der Waals surface area (Å²) in [6.07, 6.45) is 6.12. The van der Waals surface area contributed by atoms with E-state index >= 15 is 0 Å². The van der Waals surface area contributed by atoms with Gasteiger partial charge in [0.1, 0.15) is 11.5 Å². The Hall–Kier alpha value is -3.86. The predicted octanol–water partition coefficient (Wildman–Crippen LogP) is 5.87. The van der Waals surface area contributed by atoms with Gasteiger partial charge in [0.15, 0.2) is 11.5 Å². The molecule has 0 fully saturated rings. The molecule has 5 heteroatoms. The van der Waals surface area contributed by atoms with Crippen LogP contribution in [0, 0.1) is 0 Å². The highest BCUT2D eigenvalue weighted by atomic mass is 16.7. The highest BCUT2D eigenvalue weighted by Gasteiger charge is 2.20. The highest BCUT2D eigenvalue weighted by molar-refractivity contribution is 5.79. The van der Waals surface area contributed by atoms with Crippen molar-refractivity contribution in [1.29, 1.82) is 0 Å². The lowest BCUT2D eigenvalue weighted by Gasteiger charge is -2.26. The molecular weight excluding hydrogens is 402 g/mol. The zero-order valence-electron chi connectivity index (χ0n) is 17.6. The number of benzene rings is 3. The van der Waals surface area contributed by atoms with Crippen LogP contribution in [0.15, 0.2) is 79.1 Å². The molecule has 0 spiro atoms. The molecule has 0 saturated heterocycles. The van der Waals surface area contributed by atoms with Gasteiger partial charge in [0.05, 0.1) is 13.2 Å². The summed E-state index contributed by atoms with van der Waals surface area (Å²) in [5.41, 5.74) is 5.76. The van der Waals surface area contributed by atoms with Crippen LogP contribution in [-0.2, 0) is 0 Å². The van der Waals surface area contributed by atoms with Crippen molar-refractivity contribution in [2.45, 2.75) is 12.8 Å². The number of anilines is 1. The number of ether oxygens (including phenoxy) is 4. The molecule has 0 radical (unpaired) electrons. The van der Waals surface area contributed by atoms with Gasteiger partial charge < -0.3 is 23.8 Å². The van der Waals surface area contributed by atoms with Gasteiger partial charge in [-0.3, -0.25) is 0 Å². The third-order valence-corrected chi connectivity index (χ3v) is 5.97. The fraction of sp³-hybridized carbons (Fsp3) is 0.185. The molecule has 32 heavy (non-hydrogen) atoms. The van der Waals surface area contributed by atoms with E-state index in [-0.39, 0.29) is 6.79 Å². The normalized spacial score (nSPS) is 18.5. The first-order chi connectivity index (χ1) is 15.8. The Kier molecular flexibility index (Phi) is 4.72. The first-order valence-electron chi connectivity index (χ1n) is 10.9. The molecule has 5 nitrogen and oxygen atoms in total. The Balaban J connectivity index is 1.47. The molecule has 3 aliphatic heterocycles. The number of para-hydroxylation sites is 2. The van der Waals surface area contributed by atoms with E-state index < -0.39 is 0 Å². The van der Waals surface area contributed by atoms with Crippen molar-refractivity contribution >= 4 is 16.8 Å². The lowest BCUT2D eigenvalue weighted by molar-refractivity contribution is 0.174. The predicted molar refractivity (Wildman–Crippen MR) is 124 cm³/mol. The molecule has 0 aromatic heterocycles. The minimum atomic E-state index is 0.260. The fourth-order valence-corrected chi connectivity index (χ4v) is 4.36. The largest absolute Gasteiger partial charge is 0.493 e. The van der Waals surface area contributed by atoms with E-state index in [4.69, 9.17) is 18.9 Å². The standard InChI is InChI=1S/C27H23NO4/c1-3-7-24-22(5-1)19(11-13-29-24)16-28(21-9-10-26-27(15-21)32-18-31-26)17-20-12-14-30-25-8-4-2-6-23(20)25/h1-10,15-17H,11-14,18H2. The van der Waals surface area contributed by atoms with Gasteiger partial charge in [-0.1, -0.05) is 36.4 Å². The molecule has 160 valence electrons. The van der Waals surface area contributed by atoms with Crippen molar-refractivity contribution in [3.05, 3.63) is 90.3 Å². The number of fused-ring (bicyclic) bond motifs is 3. The first kappa shape index (κ1) is 18.9. The van der Waals surface area contributed by atoms with Crippen LogP contribution in [0.5, 0.6) is 23.0 Å². The lowest BCUT2D eigenvalue weighted by Crippen LogP contribution is -2.15. The van der Waals surface area contributed by atoms with Crippen molar-refractivity contribution in [2.75, 3.05) is 24.9 Å². The monoisotopic (exact) mass is 425 g/mol. The molecule has 3 heterocycles. The molecule has 3 aliphatic rings. The summed E-state index contributed by atoms with van der Waals surface area (Å²) in [7, 11) is 0. The molecule has 0 aliphatic carbocycles. The molecule has 0 amide bonds. The van der Waals surface area contributed by atoms with Gasteiger partial charge in [-0.05, 0) is 35.4 Å². The quantitative estimate of drug-likeness (QED) is 0.525. The van der Waals surface area contributed by atoms with Crippen LogP contribution in [0.2, 0.25) is 0 Å². The van der Waals surface area contributed by atoms with Gasteiger partial charge >= 0.3 is 0 Å². The van der Waals surface area contributed by atoms with Gasteiger partial charge in [-0.25, -0.2) is 0 Å². The Morgan fingerprint density at radius 1 is 0.594 bits per heavy atom. The van der Waals surface area contributed by atoms with Crippen molar-refractivity contribution in [1.82, 2.24) is 0 Å². The molecule has 0 unspecified atom stereocenters. The summed E-state index contributed by atoms with van der Waals surface area (Å²) in [5.74, 6) is 3.41. The van der Waals surface area contributed by atoms with E-state index in [2.05, 4.69) is 47.6 Å². The summed E-state index contributed by atoms with van der Waals surface area (Å²) >= 11 is 0. The summed E-state index contributed by atoms with van der Waals surface area (Å²) in [5, 5.41) is 0. The van der Waals surface area contributed by atoms with E-state index in [1.165, 1.54) is 11.1 Å². The Morgan fingerprint density at radius 3 is 1.84 bits per heavy atom. The number of hydrogen-bond donors (Lipinski definition) is 0. The minimum Gasteiger partial charge on any atom is -0.493 e. The average Bonchev–Trinajstić information content (AvgIpc) is 3.32. The molecule has 0 atom stereocenters. The number of nitrogens with zero attached hydrogens (tertiary/aromatic N) is 1. The van der Waals surface area contributed by atoms with E-state index in [1.807, 2.05) is 36.4 Å². The number of rotatable bonds is 3. The molecule has 3 aromatic carbocycles. The third-order valence-electron chi connectivity index (χ3n) is 5.97.